The van der Waals surface area contributed by atoms with Crippen LogP contribution in [0.5, 0.6) is 5.75 Å². The second kappa shape index (κ2) is 9.38. The van der Waals surface area contributed by atoms with E-state index in [0.717, 1.165) is 17.7 Å². The first-order chi connectivity index (χ1) is 15.0. The molecule has 0 spiro atoms. The van der Waals surface area contributed by atoms with E-state index < -0.39 is 11.6 Å². The topological polar surface area (TPSA) is 75.3 Å². The van der Waals surface area contributed by atoms with Crippen LogP contribution in [-0.2, 0) is 11.3 Å². The van der Waals surface area contributed by atoms with Gasteiger partial charge in [0.2, 0.25) is 0 Å². The summed E-state index contributed by atoms with van der Waals surface area (Å²) in [6.45, 7) is 1.58. The van der Waals surface area contributed by atoms with Gasteiger partial charge in [0.1, 0.15) is 10.7 Å². The molecule has 9 heteroatoms. The van der Waals surface area contributed by atoms with Gasteiger partial charge in [-0.3, -0.25) is 9.78 Å². The molecule has 1 fully saturated rings. The van der Waals surface area contributed by atoms with Crippen molar-refractivity contribution in [2.45, 2.75) is 25.8 Å². The first-order valence-corrected chi connectivity index (χ1v) is 10.5. The highest BCUT2D eigenvalue weighted by Gasteiger charge is 2.25. The molecule has 0 atom stereocenters. The van der Waals surface area contributed by atoms with Crippen LogP contribution < -0.4 is 20.7 Å². The Labute approximate surface area is 184 Å². The summed E-state index contributed by atoms with van der Waals surface area (Å²) in [6.07, 6.45) is 6.34. The van der Waals surface area contributed by atoms with Crippen LogP contribution >= 0.6 is 12.2 Å². The lowest BCUT2D eigenvalue weighted by atomic mass is 10.1. The highest BCUT2D eigenvalue weighted by molar-refractivity contribution is 7.81. The fraction of sp³-hybridized carbons (Fsp3) is 0.318. The minimum atomic E-state index is -0.996. The molecule has 1 aromatic carbocycles. The number of amides is 1. The lowest BCUT2D eigenvalue weighted by Gasteiger charge is -2.23. The number of thiocarbonyl (C=S) groups is 1. The number of nitrogens with one attached hydrogen (secondary N) is 3. The molecule has 1 aliphatic heterocycles. The summed E-state index contributed by atoms with van der Waals surface area (Å²) in [5.41, 5.74) is 2.14. The number of pyridine rings is 1. The van der Waals surface area contributed by atoms with E-state index in [4.69, 9.17) is 17.0 Å². The Balaban J connectivity index is 1.49. The largest absolute Gasteiger partial charge is 0.491 e. The zero-order valence-electron chi connectivity index (χ0n) is 16.7. The molecule has 1 amide bonds. The standard InChI is InChI=1S/C22H22F2N4O2S/c23-16-4-3-15(9-17(16)24)28-22(31)20-18(6-8-26-21(20)29)27-10-14-5-7-25-11-19(14)30-12-13-1-2-13/h3-5,7,9,11,13,27H,1-2,6,8,10,12H2,(H,26,29)(H,28,31). The van der Waals surface area contributed by atoms with Gasteiger partial charge in [-0.2, -0.15) is 0 Å². The van der Waals surface area contributed by atoms with Crippen LogP contribution in [-0.4, -0.2) is 29.0 Å². The van der Waals surface area contributed by atoms with E-state index in [2.05, 4.69) is 20.9 Å². The molecule has 3 N–H and O–H groups in total. The van der Waals surface area contributed by atoms with Crippen LogP contribution in [0.2, 0.25) is 0 Å². The van der Waals surface area contributed by atoms with Gasteiger partial charge >= 0.3 is 0 Å². The third-order valence-electron chi connectivity index (χ3n) is 5.13. The molecular formula is C22H22F2N4O2S. The van der Waals surface area contributed by atoms with E-state index in [0.29, 0.717) is 43.5 Å². The van der Waals surface area contributed by atoms with Gasteiger partial charge in [0.25, 0.3) is 5.91 Å². The van der Waals surface area contributed by atoms with Crippen molar-refractivity contribution in [3.63, 3.8) is 0 Å². The molecule has 2 heterocycles. The zero-order chi connectivity index (χ0) is 21.8. The maximum atomic E-state index is 13.5. The van der Waals surface area contributed by atoms with Gasteiger partial charge in [-0.15, -0.1) is 0 Å². The van der Waals surface area contributed by atoms with Crippen molar-refractivity contribution in [3.05, 3.63) is 65.1 Å². The molecule has 31 heavy (non-hydrogen) atoms. The van der Waals surface area contributed by atoms with Gasteiger partial charge in [0.05, 0.1) is 18.4 Å². The Kier molecular flexibility index (Phi) is 6.41. The fourth-order valence-electron chi connectivity index (χ4n) is 3.21. The molecule has 0 bridgehead atoms. The molecule has 4 rings (SSSR count). The number of carbonyl (C=O) groups is 1. The van der Waals surface area contributed by atoms with Crippen molar-refractivity contribution in [3.8, 4) is 5.75 Å². The van der Waals surface area contributed by atoms with Gasteiger partial charge in [-0.05, 0) is 37.0 Å². The SMILES string of the molecule is O=C1NCCC(NCc2ccncc2OCC2CC2)=C1C(=S)Nc1ccc(F)c(F)c1. The van der Waals surface area contributed by atoms with E-state index in [1.54, 1.807) is 12.4 Å². The van der Waals surface area contributed by atoms with E-state index in [-0.39, 0.29) is 22.2 Å². The fourth-order valence-corrected chi connectivity index (χ4v) is 3.55. The summed E-state index contributed by atoms with van der Waals surface area (Å²) >= 11 is 5.40. The van der Waals surface area contributed by atoms with Crippen molar-refractivity contribution in [1.29, 1.82) is 0 Å². The maximum absolute atomic E-state index is 13.5. The molecule has 2 aliphatic rings. The van der Waals surface area contributed by atoms with Gasteiger partial charge < -0.3 is 20.7 Å². The quantitative estimate of drug-likeness (QED) is 0.542. The number of benzene rings is 1. The van der Waals surface area contributed by atoms with Gasteiger partial charge in [-0.25, -0.2) is 8.78 Å². The van der Waals surface area contributed by atoms with E-state index in [1.807, 2.05) is 6.07 Å². The molecule has 1 aliphatic carbocycles. The Morgan fingerprint density at radius 3 is 2.87 bits per heavy atom. The van der Waals surface area contributed by atoms with Crippen LogP contribution in [0.25, 0.3) is 0 Å². The summed E-state index contributed by atoms with van der Waals surface area (Å²) in [4.78, 5) is 16.8. The third kappa shape index (κ3) is 5.35. The number of hydrogen-bond donors (Lipinski definition) is 3. The van der Waals surface area contributed by atoms with Crippen molar-refractivity contribution in [1.82, 2.24) is 15.6 Å². The Hall–Kier alpha value is -3.07. The average molecular weight is 445 g/mol. The molecule has 0 radical (unpaired) electrons. The van der Waals surface area contributed by atoms with Crippen LogP contribution in [0.1, 0.15) is 24.8 Å². The minimum absolute atomic E-state index is 0.130. The minimum Gasteiger partial charge on any atom is -0.491 e. The van der Waals surface area contributed by atoms with Crippen molar-refractivity contribution in [2.75, 3.05) is 18.5 Å². The maximum Gasteiger partial charge on any atom is 0.256 e. The van der Waals surface area contributed by atoms with Crippen LogP contribution in [0.4, 0.5) is 14.5 Å². The first-order valence-electron chi connectivity index (χ1n) is 10.1. The lowest BCUT2D eigenvalue weighted by Crippen LogP contribution is -2.39. The monoisotopic (exact) mass is 444 g/mol. The van der Waals surface area contributed by atoms with E-state index in [9.17, 15) is 13.6 Å². The highest BCUT2D eigenvalue weighted by atomic mass is 32.1. The number of halogens is 2. The summed E-state index contributed by atoms with van der Waals surface area (Å²) in [5, 5.41) is 8.88. The van der Waals surface area contributed by atoms with Crippen molar-refractivity contribution >= 4 is 28.8 Å². The first kappa shape index (κ1) is 21.2. The van der Waals surface area contributed by atoms with E-state index >= 15 is 0 Å². The Bertz CT molecular complexity index is 1040. The number of rotatable bonds is 8. The average Bonchev–Trinajstić information content (AvgIpc) is 3.58. The number of hydrogen-bond acceptors (Lipinski definition) is 5. The third-order valence-corrected chi connectivity index (χ3v) is 5.43. The number of carbonyl (C=O) groups excluding carboxylic acids is 1. The van der Waals surface area contributed by atoms with Gasteiger partial charge in [-0.1, -0.05) is 12.2 Å². The number of aromatic nitrogens is 1. The molecule has 2 aromatic rings. The van der Waals surface area contributed by atoms with Crippen LogP contribution in [0.15, 0.2) is 47.9 Å². The van der Waals surface area contributed by atoms with Gasteiger partial charge in [0, 0.05) is 48.7 Å². The van der Waals surface area contributed by atoms with Gasteiger partial charge in [0.15, 0.2) is 11.6 Å². The molecule has 6 nitrogen and oxygen atoms in total. The molecule has 0 unspecified atom stereocenters. The van der Waals surface area contributed by atoms with E-state index in [1.165, 1.54) is 18.9 Å². The normalized spacial score (nSPS) is 16.0. The molecule has 0 saturated heterocycles. The predicted octanol–water partition coefficient (Wildman–Crippen LogP) is 3.45. The summed E-state index contributed by atoms with van der Waals surface area (Å²) in [5.74, 6) is -0.937. The number of ether oxygens (including phenoxy) is 1. The Morgan fingerprint density at radius 1 is 1.26 bits per heavy atom. The summed E-state index contributed by atoms with van der Waals surface area (Å²) < 4.78 is 32.6. The second-order valence-electron chi connectivity index (χ2n) is 7.53. The zero-order valence-corrected chi connectivity index (χ0v) is 17.5. The number of anilines is 1. The lowest BCUT2D eigenvalue weighted by molar-refractivity contribution is -0.117. The number of nitrogens with zero attached hydrogens (tertiary/aromatic N) is 1. The smallest absolute Gasteiger partial charge is 0.256 e. The predicted molar refractivity (Wildman–Crippen MR) is 117 cm³/mol. The molecule has 1 aromatic heterocycles. The second-order valence-corrected chi connectivity index (χ2v) is 7.94. The van der Waals surface area contributed by atoms with Crippen LogP contribution in [0.3, 0.4) is 0 Å². The molecule has 162 valence electrons. The van der Waals surface area contributed by atoms with Crippen molar-refractivity contribution in [2.24, 2.45) is 5.92 Å². The summed E-state index contributed by atoms with van der Waals surface area (Å²) in [7, 11) is 0. The highest BCUT2D eigenvalue weighted by Crippen LogP contribution is 2.30. The van der Waals surface area contributed by atoms with Crippen LogP contribution in [0, 0.1) is 17.6 Å². The molecular weight excluding hydrogens is 422 g/mol. The molecule has 1 saturated carbocycles. The van der Waals surface area contributed by atoms with Crippen molar-refractivity contribution < 1.29 is 18.3 Å². The Morgan fingerprint density at radius 2 is 2.10 bits per heavy atom. The summed E-state index contributed by atoms with van der Waals surface area (Å²) in [6, 6.07) is 5.23.